The van der Waals surface area contributed by atoms with Gasteiger partial charge in [-0.1, -0.05) is 12.1 Å². The molecule has 100 valence electrons. The zero-order chi connectivity index (χ0) is 13.8. The summed E-state index contributed by atoms with van der Waals surface area (Å²) in [6.45, 7) is 2.43. The number of amides is 1. The fourth-order valence-corrected chi connectivity index (χ4v) is 1.90. The molecule has 0 spiro atoms. The molecule has 0 fully saturated rings. The molecule has 19 heavy (non-hydrogen) atoms. The summed E-state index contributed by atoms with van der Waals surface area (Å²) in [6.07, 6.45) is 4.33. The summed E-state index contributed by atoms with van der Waals surface area (Å²) < 4.78 is 1.94. The smallest absolute Gasteiger partial charge is 0.253 e. The van der Waals surface area contributed by atoms with Crippen molar-refractivity contribution in [3.8, 4) is 0 Å². The van der Waals surface area contributed by atoms with E-state index < -0.39 is 0 Å². The molecule has 1 aromatic carbocycles. The van der Waals surface area contributed by atoms with Gasteiger partial charge in [-0.15, -0.1) is 0 Å². The standard InChI is InChI=1S/C14H18N4O/c1-10-4-3-5-11(13(10)15)14(19)17-7-6-12-16-8-9-18(12)2/h3-5,8-9H,6-7,15H2,1-2H3,(H,17,19). The molecule has 0 saturated carbocycles. The lowest BCUT2D eigenvalue weighted by atomic mass is 10.1. The lowest BCUT2D eigenvalue weighted by Crippen LogP contribution is -2.27. The normalized spacial score (nSPS) is 10.4. The van der Waals surface area contributed by atoms with E-state index in [1.807, 2.05) is 36.9 Å². The number of nitrogens with zero attached hydrogens (tertiary/aromatic N) is 2. The molecule has 1 amide bonds. The quantitative estimate of drug-likeness (QED) is 0.811. The monoisotopic (exact) mass is 258 g/mol. The van der Waals surface area contributed by atoms with Crippen LogP contribution in [0.25, 0.3) is 0 Å². The van der Waals surface area contributed by atoms with Crippen LogP contribution in [0.15, 0.2) is 30.6 Å². The number of benzene rings is 1. The second-order valence-electron chi connectivity index (χ2n) is 4.50. The Bertz CT molecular complexity index is 589. The summed E-state index contributed by atoms with van der Waals surface area (Å²) in [5.74, 6) is 0.799. The van der Waals surface area contributed by atoms with E-state index in [2.05, 4.69) is 10.3 Å². The van der Waals surface area contributed by atoms with Crippen LogP contribution in [0, 0.1) is 6.92 Å². The van der Waals surface area contributed by atoms with E-state index in [4.69, 9.17) is 5.73 Å². The number of imidazole rings is 1. The highest BCUT2D eigenvalue weighted by atomic mass is 16.1. The number of para-hydroxylation sites is 1. The Balaban J connectivity index is 1.95. The van der Waals surface area contributed by atoms with Gasteiger partial charge in [-0.05, 0) is 18.6 Å². The maximum atomic E-state index is 12.0. The van der Waals surface area contributed by atoms with Crippen molar-refractivity contribution in [2.75, 3.05) is 12.3 Å². The predicted molar refractivity (Wildman–Crippen MR) is 74.8 cm³/mol. The van der Waals surface area contributed by atoms with Gasteiger partial charge < -0.3 is 15.6 Å². The van der Waals surface area contributed by atoms with Gasteiger partial charge in [0.05, 0.1) is 5.56 Å². The Labute approximate surface area is 112 Å². The molecule has 5 nitrogen and oxygen atoms in total. The van der Waals surface area contributed by atoms with Crippen LogP contribution in [-0.4, -0.2) is 22.0 Å². The molecule has 2 aromatic rings. The third-order valence-corrected chi connectivity index (χ3v) is 3.12. The molecule has 0 bridgehead atoms. The number of carbonyl (C=O) groups excluding carboxylic acids is 1. The summed E-state index contributed by atoms with van der Waals surface area (Å²) in [4.78, 5) is 16.2. The second kappa shape index (κ2) is 5.56. The number of nitrogens with two attached hydrogens (primary N) is 1. The first-order valence-corrected chi connectivity index (χ1v) is 6.19. The van der Waals surface area contributed by atoms with Crippen molar-refractivity contribution in [1.29, 1.82) is 0 Å². The van der Waals surface area contributed by atoms with Crippen molar-refractivity contribution >= 4 is 11.6 Å². The lowest BCUT2D eigenvalue weighted by molar-refractivity contribution is 0.0954. The largest absolute Gasteiger partial charge is 0.398 e. The van der Waals surface area contributed by atoms with Gasteiger partial charge in [-0.2, -0.15) is 0 Å². The molecule has 1 aromatic heterocycles. The van der Waals surface area contributed by atoms with Crippen LogP contribution in [0.4, 0.5) is 5.69 Å². The molecule has 5 heteroatoms. The van der Waals surface area contributed by atoms with Crippen molar-refractivity contribution in [3.05, 3.63) is 47.5 Å². The molecular weight excluding hydrogens is 240 g/mol. The highest BCUT2D eigenvalue weighted by molar-refractivity contribution is 5.99. The van der Waals surface area contributed by atoms with Gasteiger partial charge in [0, 0.05) is 38.1 Å². The van der Waals surface area contributed by atoms with Crippen LogP contribution in [0.2, 0.25) is 0 Å². The number of hydrogen-bond donors (Lipinski definition) is 2. The molecule has 0 saturated heterocycles. The van der Waals surface area contributed by atoms with Crippen LogP contribution in [0.5, 0.6) is 0 Å². The fraction of sp³-hybridized carbons (Fsp3) is 0.286. The van der Waals surface area contributed by atoms with E-state index in [-0.39, 0.29) is 5.91 Å². The number of rotatable bonds is 4. The Hall–Kier alpha value is -2.30. The first kappa shape index (κ1) is 13.1. The SMILES string of the molecule is Cc1cccc(C(=O)NCCc2nccn2C)c1N. The number of nitrogens with one attached hydrogen (secondary N) is 1. The molecule has 1 heterocycles. The predicted octanol–water partition coefficient (Wildman–Crippen LogP) is 1.28. The zero-order valence-electron chi connectivity index (χ0n) is 11.2. The number of aromatic nitrogens is 2. The number of aryl methyl sites for hydroxylation is 2. The van der Waals surface area contributed by atoms with Crippen molar-refractivity contribution in [3.63, 3.8) is 0 Å². The molecule has 0 radical (unpaired) electrons. The molecule has 0 unspecified atom stereocenters. The van der Waals surface area contributed by atoms with E-state index in [0.29, 0.717) is 24.2 Å². The minimum atomic E-state index is -0.143. The molecule has 2 rings (SSSR count). The summed E-state index contributed by atoms with van der Waals surface area (Å²) in [5, 5.41) is 2.86. The van der Waals surface area contributed by atoms with Gasteiger partial charge in [0.15, 0.2) is 0 Å². The Morgan fingerprint density at radius 1 is 1.47 bits per heavy atom. The first-order chi connectivity index (χ1) is 9.09. The summed E-state index contributed by atoms with van der Waals surface area (Å²) in [5.41, 5.74) is 7.88. The van der Waals surface area contributed by atoms with Crippen LogP contribution in [0.1, 0.15) is 21.7 Å². The Morgan fingerprint density at radius 3 is 2.95 bits per heavy atom. The third kappa shape index (κ3) is 2.93. The van der Waals surface area contributed by atoms with E-state index in [1.165, 1.54) is 0 Å². The van der Waals surface area contributed by atoms with Crippen molar-refractivity contribution in [1.82, 2.24) is 14.9 Å². The minimum absolute atomic E-state index is 0.143. The maximum absolute atomic E-state index is 12.0. The number of hydrogen-bond acceptors (Lipinski definition) is 3. The van der Waals surface area contributed by atoms with Gasteiger partial charge in [0.25, 0.3) is 5.91 Å². The molecule has 0 atom stereocenters. The second-order valence-corrected chi connectivity index (χ2v) is 4.50. The minimum Gasteiger partial charge on any atom is -0.398 e. The van der Waals surface area contributed by atoms with Crippen molar-refractivity contribution in [2.45, 2.75) is 13.3 Å². The van der Waals surface area contributed by atoms with E-state index in [9.17, 15) is 4.79 Å². The average Bonchev–Trinajstić information content (AvgIpc) is 2.78. The zero-order valence-corrected chi connectivity index (χ0v) is 11.2. The first-order valence-electron chi connectivity index (χ1n) is 6.19. The summed E-state index contributed by atoms with van der Waals surface area (Å²) in [7, 11) is 1.93. The van der Waals surface area contributed by atoms with Gasteiger partial charge >= 0.3 is 0 Å². The van der Waals surface area contributed by atoms with Crippen molar-refractivity contribution < 1.29 is 4.79 Å². The van der Waals surface area contributed by atoms with Gasteiger partial charge in [0.2, 0.25) is 0 Å². The number of anilines is 1. The van der Waals surface area contributed by atoms with Gasteiger partial charge in [0.1, 0.15) is 5.82 Å². The average molecular weight is 258 g/mol. The molecular formula is C14H18N4O. The van der Waals surface area contributed by atoms with Crippen LogP contribution < -0.4 is 11.1 Å². The van der Waals surface area contributed by atoms with Gasteiger partial charge in [-0.3, -0.25) is 4.79 Å². The Morgan fingerprint density at radius 2 is 2.26 bits per heavy atom. The Kier molecular flexibility index (Phi) is 3.85. The molecule has 0 aliphatic rings. The van der Waals surface area contributed by atoms with Crippen LogP contribution in [-0.2, 0) is 13.5 Å². The van der Waals surface area contributed by atoms with Gasteiger partial charge in [-0.25, -0.2) is 4.98 Å². The highest BCUT2D eigenvalue weighted by Crippen LogP contribution is 2.15. The molecule has 3 N–H and O–H groups in total. The number of carbonyl (C=O) groups is 1. The van der Waals surface area contributed by atoms with Crippen LogP contribution >= 0.6 is 0 Å². The molecule has 0 aliphatic heterocycles. The van der Waals surface area contributed by atoms with Crippen molar-refractivity contribution in [2.24, 2.45) is 7.05 Å². The fourth-order valence-electron chi connectivity index (χ4n) is 1.90. The summed E-state index contributed by atoms with van der Waals surface area (Å²) in [6, 6.07) is 5.46. The molecule has 0 aliphatic carbocycles. The lowest BCUT2D eigenvalue weighted by Gasteiger charge is -2.09. The van der Waals surface area contributed by atoms with E-state index in [0.717, 1.165) is 11.4 Å². The highest BCUT2D eigenvalue weighted by Gasteiger charge is 2.10. The topological polar surface area (TPSA) is 72.9 Å². The third-order valence-electron chi connectivity index (χ3n) is 3.12. The summed E-state index contributed by atoms with van der Waals surface area (Å²) >= 11 is 0. The number of nitrogen functional groups attached to an aromatic ring is 1. The van der Waals surface area contributed by atoms with E-state index in [1.54, 1.807) is 12.3 Å². The van der Waals surface area contributed by atoms with E-state index >= 15 is 0 Å². The maximum Gasteiger partial charge on any atom is 0.253 e. The van der Waals surface area contributed by atoms with Crippen LogP contribution in [0.3, 0.4) is 0 Å².